The summed E-state index contributed by atoms with van der Waals surface area (Å²) < 4.78 is 11.6. The Labute approximate surface area is 163 Å². The van der Waals surface area contributed by atoms with Crippen LogP contribution in [0.5, 0.6) is 11.5 Å². The molecule has 26 heavy (non-hydrogen) atoms. The van der Waals surface area contributed by atoms with Crippen LogP contribution in [0.25, 0.3) is 6.08 Å². The lowest BCUT2D eigenvalue weighted by molar-refractivity contribution is -0.131. The molecule has 0 aliphatic rings. The smallest absolute Gasteiger partial charge is 0.342 e. The molecule has 0 saturated carbocycles. The van der Waals surface area contributed by atoms with Crippen molar-refractivity contribution in [3.8, 4) is 11.5 Å². The summed E-state index contributed by atoms with van der Waals surface area (Å²) >= 11 is 4.40. The molecule has 2 aromatic rings. The Bertz CT molecular complexity index is 835. The second kappa shape index (κ2) is 9.44. The Morgan fingerprint density at radius 1 is 1.50 bits per heavy atom. The van der Waals surface area contributed by atoms with Crippen LogP contribution >= 0.6 is 27.7 Å². The number of methoxy groups -OCH3 is 1. The molecule has 0 fully saturated rings. The van der Waals surface area contributed by atoms with E-state index < -0.39 is 5.97 Å². The van der Waals surface area contributed by atoms with E-state index in [-0.39, 0.29) is 4.91 Å². The summed E-state index contributed by atoms with van der Waals surface area (Å²) in [4.78, 5) is 15.9. The molecule has 138 valence electrons. The van der Waals surface area contributed by atoms with Crippen molar-refractivity contribution >= 4 is 39.7 Å². The van der Waals surface area contributed by atoms with E-state index in [9.17, 15) is 9.90 Å². The van der Waals surface area contributed by atoms with Gasteiger partial charge in [-0.2, -0.15) is 0 Å². The first kappa shape index (κ1) is 20.1. The summed E-state index contributed by atoms with van der Waals surface area (Å²) in [6, 6.07) is 3.45. The minimum Gasteiger partial charge on any atom is -0.493 e. The van der Waals surface area contributed by atoms with Crippen molar-refractivity contribution in [2.45, 2.75) is 18.5 Å². The van der Waals surface area contributed by atoms with Gasteiger partial charge in [-0.15, -0.1) is 5.10 Å². The van der Waals surface area contributed by atoms with Gasteiger partial charge in [0.25, 0.3) is 0 Å². The second-order valence-corrected chi connectivity index (χ2v) is 6.83. The normalized spacial score (nSPS) is 11.3. The van der Waals surface area contributed by atoms with Gasteiger partial charge in [-0.25, -0.2) is 9.78 Å². The lowest BCUT2D eigenvalue weighted by Crippen LogP contribution is -1.99. The van der Waals surface area contributed by atoms with Gasteiger partial charge in [-0.1, -0.05) is 19.6 Å². The van der Waals surface area contributed by atoms with Crippen LogP contribution in [-0.4, -0.2) is 40.0 Å². The van der Waals surface area contributed by atoms with E-state index in [0.29, 0.717) is 45.5 Å². The third-order valence-corrected chi connectivity index (χ3v) is 4.62. The third-order valence-electron chi connectivity index (χ3n) is 3.15. The monoisotopic (exact) mass is 439 g/mol. The second-order valence-electron chi connectivity index (χ2n) is 4.97. The van der Waals surface area contributed by atoms with Crippen molar-refractivity contribution in [3.63, 3.8) is 0 Å². The number of hydrogen-bond acceptors (Lipinski definition) is 6. The zero-order chi connectivity index (χ0) is 19.1. The van der Waals surface area contributed by atoms with Crippen molar-refractivity contribution in [2.24, 2.45) is 0 Å². The van der Waals surface area contributed by atoms with Gasteiger partial charge in [-0.05, 0) is 51.5 Å². The Kier molecular flexibility index (Phi) is 7.28. The SMILES string of the molecule is C=CCOc1c(Br)cc(/C=C(\Sc2n[nH]c(CC)n2)C(=O)O)cc1OC. The Morgan fingerprint density at radius 3 is 2.85 bits per heavy atom. The van der Waals surface area contributed by atoms with E-state index in [1.165, 1.54) is 13.2 Å². The van der Waals surface area contributed by atoms with E-state index in [2.05, 4.69) is 37.7 Å². The van der Waals surface area contributed by atoms with Gasteiger partial charge in [-0.3, -0.25) is 5.10 Å². The summed E-state index contributed by atoms with van der Waals surface area (Å²) in [7, 11) is 1.52. The van der Waals surface area contributed by atoms with Gasteiger partial charge in [0.2, 0.25) is 5.16 Å². The molecule has 0 atom stereocenters. The number of carboxylic acid groups (broad SMARTS) is 1. The predicted molar refractivity (Wildman–Crippen MR) is 104 cm³/mol. The number of hydrogen-bond donors (Lipinski definition) is 2. The molecule has 1 aromatic carbocycles. The highest BCUT2D eigenvalue weighted by atomic mass is 79.9. The fourth-order valence-electron chi connectivity index (χ4n) is 1.97. The molecule has 2 N–H and O–H groups in total. The van der Waals surface area contributed by atoms with Gasteiger partial charge in [0.1, 0.15) is 17.3 Å². The molecule has 0 spiro atoms. The quantitative estimate of drug-likeness (QED) is 0.347. The van der Waals surface area contributed by atoms with E-state index >= 15 is 0 Å². The zero-order valence-corrected chi connectivity index (χ0v) is 16.7. The van der Waals surface area contributed by atoms with Crippen LogP contribution in [0.1, 0.15) is 18.3 Å². The highest BCUT2D eigenvalue weighted by Gasteiger charge is 2.16. The number of aromatic amines is 1. The van der Waals surface area contributed by atoms with E-state index in [1.807, 2.05) is 6.92 Å². The molecule has 0 aliphatic carbocycles. The molecule has 1 heterocycles. The zero-order valence-electron chi connectivity index (χ0n) is 14.3. The third kappa shape index (κ3) is 5.12. The first-order chi connectivity index (χ1) is 12.5. The van der Waals surface area contributed by atoms with Crippen LogP contribution in [0, 0.1) is 0 Å². The van der Waals surface area contributed by atoms with Crippen LogP contribution in [0.2, 0.25) is 0 Å². The minimum atomic E-state index is -1.07. The first-order valence-corrected chi connectivity index (χ1v) is 9.24. The van der Waals surface area contributed by atoms with Gasteiger partial charge >= 0.3 is 5.97 Å². The van der Waals surface area contributed by atoms with E-state index in [4.69, 9.17) is 9.47 Å². The Hall–Kier alpha value is -2.26. The number of carbonyl (C=O) groups is 1. The van der Waals surface area contributed by atoms with Crippen molar-refractivity contribution in [1.82, 2.24) is 15.2 Å². The Morgan fingerprint density at radius 2 is 2.27 bits per heavy atom. The number of aliphatic carboxylic acids is 1. The van der Waals surface area contributed by atoms with Crippen LogP contribution in [0.3, 0.4) is 0 Å². The van der Waals surface area contributed by atoms with Gasteiger partial charge in [0.15, 0.2) is 11.5 Å². The molecule has 0 radical (unpaired) electrons. The number of carboxylic acids is 1. The van der Waals surface area contributed by atoms with Crippen molar-refractivity contribution in [2.75, 3.05) is 13.7 Å². The standard InChI is InChI=1S/C17H18BrN3O4S/c1-4-6-25-15-11(18)7-10(8-12(15)24-3)9-13(16(22)23)26-17-19-14(5-2)20-21-17/h4,7-9H,1,5-6H2,2-3H3,(H,22,23)(H,19,20,21)/b13-9-. The van der Waals surface area contributed by atoms with Crippen molar-refractivity contribution in [3.05, 3.63) is 45.6 Å². The number of thioether (sulfide) groups is 1. The molecular formula is C17H18BrN3O4S. The number of benzene rings is 1. The number of rotatable bonds is 9. The fourth-order valence-corrected chi connectivity index (χ4v) is 3.27. The summed E-state index contributed by atoms with van der Waals surface area (Å²) in [5, 5.41) is 16.6. The molecule has 9 heteroatoms. The Balaban J connectivity index is 2.35. The van der Waals surface area contributed by atoms with E-state index in [0.717, 1.165) is 11.8 Å². The van der Waals surface area contributed by atoms with Crippen LogP contribution < -0.4 is 9.47 Å². The first-order valence-electron chi connectivity index (χ1n) is 7.63. The molecule has 7 nitrogen and oxygen atoms in total. The average molecular weight is 440 g/mol. The lowest BCUT2D eigenvalue weighted by Gasteiger charge is -2.12. The van der Waals surface area contributed by atoms with Gasteiger partial charge in [0.05, 0.1) is 11.6 Å². The molecule has 2 rings (SSSR count). The summed E-state index contributed by atoms with van der Waals surface area (Å²) in [5.41, 5.74) is 0.635. The number of halogens is 1. The summed E-state index contributed by atoms with van der Waals surface area (Å²) in [6.07, 6.45) is 3.84. The number of nitrogens with zero attached hydrogens (tertiary/aromatic N) is 2. The van der Waals surface area contributed by atoms with Gasteiger partial charge < -0.3 is 14.6 Å². The highest BCUT2D eigenvalue weighted by Crippen LogP contribution is 2.38. The van der Waals surface area contributed by atoms with Crippen LogP contribution in [-0.2, 0) is 11.2 Å². The summed E-state index contributed by atoms with van der Waals surface area (Å²) in [6.45, 7) is 5.87. The molecule has 0 amide bonds. The molecule has 0 saturated heterocycles. The summed E-state index contributed by atoms with van der Waals surface area (Å²) in [5.74, 6) is 0.634. The van der Waals surface area contributed by atoms with Crippen LogP contribution in [0.4, 0.5) is 0 Å². The number of H-pyrrole nitrogens is 1. The number of aryl methyl sites for hydroxylation is 1. The minimum absolute atomic E-state index is 0.0837. The molecule has 0 aliphatic heterocycles. The topological polar surface area (TPSA) is 97.3 Å². The maximum atomic E-state index is 11.6. The fraction of sp³-hybridized carbons (Fsp3) is 0.235. The average Bonchev–Trinajstić information content (AvgIpc) is 3.07. The van der Waals surface area contributed by atoms with Crippen molar-refractivity contribution < 1.29 is 19.4 Å². The maximum absolute atomic E-state index is 11.6. The largest absolute Gasteiger partial charge is 0.493 e. The number of nitrogens with one attached hydrogen (secondary N) is 1. The molecular weight excluding hydrogens is 422 g/mol. The number of aromatic nitrogens is 3. The van der Waals surface area contributed by atoms with E-state index in [1.54, 1.807) is 18.2 Å². The van der Waals surface area contributed by atoms with Crippen LogP contribution in [0.15, 0.2) is 39.3 Å². The maximum Gasteiger partial charge on any atom is 0.342 e. The van der Waals surface area contributed by atoms with Gasteiger partial charge in [0, 0.05) is 6.42 Å². The van der Waals surface area contributed by atoms with Crippen molar-refractivity contribution in [1.29, 1.82) is 0 Å². The molecule has 0 bridgehead atoms. The predicted octanol–water partition coefficient (Wildman–Crippen LogP) is 3.92. The highest BCUT2D eigenvalue weighted by molar-refractivity contribution is 9.10. The molecule has 1 aromatic heterocycles. The number of ether oxygens (including phenoxy) is 2. The molecule has 0 unspecified atom stereocenters. The lowest BCUT2D eigenvalue weighted by atomic mass is 10.2.